The van der Waals surface area contributed by atoms with Gasteiger partial charge in [-0.1, -0.05) is 42.1 Å². The number of anilines is 1. The van der Waals surface area contributed by atoms with Crippen LogP contribution in [0.1, 0.15) is 23.9 Å². The van der Waals surface area contributed by atoms with Crippen LogP contribution in [0.3, 0.4) is 0 Å². The van der Waals surface area contributed by atoms with Gasteiger partial charge in [0.2, 0.25) is 5.91 Å². The van der Waals surface area contributed by atoms with Crippen molar-refractivity contribution in [3.63, 3.8) is 0 Å². The molecule has 1 N–H and O–H groups in total. The molecule has 0 saturated heterocycles. The van der Waals surface area contributed by atoms with Crippen molar-refractivity contribution in [3.05, 3.63) is 65.5 Å². The van der Waals surface area contributed by atoms with Crippen LogP contribution in [0, 0.1) is 6.92 Å². The van der Waals surface area contributed by atoms with Gasteiger partial charge in [-0.2, -0.15) is 13.2 Å². The lowest BCUT2D eigenvalue weighted by atomic mass is 10.1. The van der Waals surface area contributed by atoms with E-state index in [9.17, 15) is 18.0 Å². The number of halogens is 3. The highest BCUT2D eigenvalue weighted by atomic mass is 32.2. The quantitative estimate of drug-likeness (QED) is 0.500. The number of hydrogen-bond acceptors (Lipinski definition) is 5. The van der Waals surface area contributed by atoms with Crippen LogP contribution >= 0.6 is 11.8 Å². The monoisotopic (exact) mass is 450 g/mol. The topological polar surface area (TPSA) is 69.0 Å². The number of aryl methyl sites for hydroxylation is 1. The predicted molar refractivity (Wildman–Crippen MR) is 112 cm³/mol. The van der Waals surface area contributed by atoms with E-state index in [0.29, 0.717) is 17.5 Å². The lowest BCUT2D eigenvalue weighted by molar-refractivity contribution is -0.137. The zero-order valence-corrected chi connectivity index (χ0v) is 17.8. The Morgan fingerprint density at radius 2 is 1.90 bits per heavy atom. The Morgan fingerprint density at radius 3 is 2.58 bits per heavy atom. The molecule has 3 rings (SSSR count). The summed E-state index contributed by atoms with van der Waals surface area (Å²) in [5.74, 6) is 0.353. The number of carbonyl (C=O) groups is 1. The lowest BCUT2D eigenvalue weighted by Crippen LogP contribution is -2.17. The van der Waals surface area contributed by atoms with Gasteiger partial charge in [-0.3, -0.25) is 4.79 Å². The summed E-state index contributed by atoms with van der Waals surface area (Å²) in [6.07, 6.45) is -4.52. The number of aromatic nitrogens is 3. The molecule has 0 aliphatic carbocycles. The van der Waals surface area contributed by atoms with E-state index in [-0.39, 0.29) is 23.8 Å². The lowest BCUT2D eigenvalue weighted by Gasteiger charge is -2.14. The Morgan fingerprint density at radius 1 is 1.16 bits per heavy atom. The number of nitrogens with zero attached hydrogens (tertiary/aromatic N) is 3. The maximum Gasteiger partial charge on any atom is 0.416 e. The van der Waals surface area contributed by atoms with E-state index in [1.54, 1.807) is 6.92 Å². The van der Waals surface area contributed by atoms with Crippen molar-refractivity contribution in [3.8, 4) is 5.75 Å². The predicted octanol–water partition coefficient (Wildman–Crippen LogP) is 4.78. The summed E-state index contributed by atoms with van der Waals surface area (Å²) in [7, 11) is 0. The van der Waals surface area contributed by atoms with Crippen molar-refractivity contribution in [2.75, 3.05) is 17.7 Å². The molecule has 0 spiro atoms. The third-order valence-electron chi connectivity index (χ3n) is 4.30. The molecule has 164 valence electrons. The first-order chi connectivity index (χ1) is 14.8. The number of amides is 1. The second kappa shape index (κ2) is 9.86. The second-order valence-corrected chi connectivity index (χ2v) is 7.52. The van der Waals surface area contributed by atoms with Gasteiger partial charge in [0.05, 0.1) is 30.2 Å². The van der Waals surface area contributed by atoms with E-state index in [1.807, 2.05) is 41.8 Å². The normalized spacial score (nSPS) is 11.4. The van der Waals surface area contributed by atoms with Gasteiger partial charge in [0.25, 0.3) is 0 Å². The molecule has 2 aromatic carbocycles. The molecule has 0 aliphatic rings. The highest BCUT2D eigenvalue weighted by molar-refractivity contribution is 7.99. The molecule has 1 aromatic heterocycles. The number of ether oxygens (including phenoxy) is 1. The third kappa shape index (κ3) is 6.00. The van der Waals surface area contributed by atoms with Crippen LogP contribution in [-0.4, -0.2) is 33.0 Å². The van der Waals surface area contributed by atoms with Gasteiger partial charge in [-0.25, -0.2) is 0 Å². The van der Waals surface area contributed by atoms with Crippen LogP contribution in [-0.2, 0) is 17.5 Å². The van der Waals surface area contributed by atoms with E-state index >= 15 is 0 Å². The fourth-order valence-corrected chi connectivity index (χ4v) is 3.60. The minimum absolute atomic E-state index is 0.0239. The van der Waals surface area contributed by atoms with E-state index in [0.717, 1.165) is 29.5 Å². The summed E-state index contributed by atoms with van der Waals surface area (Å²) in [6, 6.07) is 12.7. The molecule has 1 amide bonds. The Balaban J connectivity index is 1.70. The van der Waals surface area contributed by atoms with Crippen LogP contribution in [0.15, 0.2) is 53.7 Å². The standard InChI is InChI=1S/C21H21F3N4O2S/c1-3-30-18-10-9-16(21(22,23)24)11-17(18)25-19(29)13-31-20-27-26-14(2)28(20)12-15-7-5-4-6-8-15/h4-11H,3,12-13H2,1-2H3,(H,25,29). The molecule has 0 fully saturated rings. The fraction of sp³-hybridized carbons (Fsp3) is 0.286. The van der Waals surface area contributed by atoms with E-state index in [2.05, 4.69) is 15.5 Å². The van der Waals surface area contributed by atoms with Crippen molar-refractivity contribution >= 4 is 23.4 Å². The molecular formula is C21H21F3N4O2S. The molecule has 3 aromatic rings. The second-order valence-electron chi connectivity index (χ2n) is 6.58. The molecule has 6 nitrogen and oxygen atoms in total. The van der Waals surface area contributed by atoms with Gasteiger partial charge in [0.1, 0.15) is 11.6 Å². The van der Waals surface area contributed by atoms with Crippen molar-refractivity contribution in [2.24, 2.45) is 0 Å². The number of hydrogen-bond donors (Lipinski definition) is 1. The molecular weight excluding hydrogens is 429 g/mol. The molecule has 0 saturated carbocycles. The first kappa shape index (κ1) is 22.7. The molecule has 0 aliphatic heterocycles. The number of nitrogens with one attached hydrogen (secondary N) is 1. The molecule has 1 heterocycles. The smallest absolute Gasteiger partial charge is 0.416 e. The van der Waals surface area contributed by atoms with Crippen LogP contribution < -0.4 is 10.1 Å². The van der Waals surface area contributed by atoms with Gasteiger partial charge in [-0.05, 0) is 37.6 Å². The zero-order valence-electron chi connectivity index (χ0n) is 16.9. The van der Waals surface area contributed by atoms with Gasteiger partial charge < -0.3 is 14.6 Å². The van der Waals surface area contributed by atoms with Crippen molar-refractivity contribution < 1.29 is 22.7 Å². The zero-order chi connectivity index (χ0) is 22.4. The van der Waals surface area contributed by atoms with Gasteiger partial charge in [0.15, 0.2) is 5.16 Å². The third-order valence-corrected chi connectivity index (χ3v) is 5.27. The molecule has 0 atom stereocenters. The summed E-state index contributed by atoms with van der Waals surface area (Å²) in [6.45, 7) is 4.33. The highest BCUT2D eigenvalue weighted by Gasteiger charge is 2.31. The summed E-state index contributed by atoms with van der Waals surface area (Å²) in [4.78, 5) is 12.5. The number of thioether (sulfide) groups is 1. The molecule has 0 radical (unpaired) electrons. The number of benzene rings is 2. The van der Waals surface area contributed by atoms with Crippen molar-refractivity contribution in [1.29, 1.82) is 0 Å². The van der Waals surface area contributed by atoms with Gasteiger partial charge in [-0.15, -0.1) is 10.2 Å². The van der Waals surface area contributed by atoms with E-state index in [1.165, 1.54) is 6.07 Å². The molecule has 10 heteroatoms. The van der Waals surface area contributed by atoms with E-state index in [4.69, 9.17) is 4.74 Å². The maximum absolute atomic E-state index is 13.0. The molecule has 31 heavy (non-hydrogen) atoms. The average Bonchev–Trinajstić information content (AvgIpc) is 3.07. The van der Waals surface area contributed by atoms with Crippen molar-refractivity contribution in [2.45, 2.75) is 31.7 Å². The summed E-state index contributed by atoms with van der Waals surface area (Å²) < 4.78 is 46.3. The minimum atomic E-state index is -4.52. The van der Waals surface area contributed by atoms with Crippen LogP contribution in [0.2, 0.25) is 0 Å². The summed E-state index contributed by atoms with van der Waals surface area (Å²) in [5.41, 5.74) is 0.170. The van der Waals surface area contributed by atoms with Gasteiger partial charge >= 0.3 is 6.18 Å². The Bertz CT molecular complexity index is 1040. The Labute approximate surface area is 181 Å². The largest absolute Gasteiger partial charge is 0.492 e. The highest BCUT2D eigenvalue weighted by Crippen LogP contribution is 2.35. The first-order valence-corrected chi connectivity index (χ1v) is 10.5. The Kier molecular flexibility index (Phi) is 7.21. The van der Waals surface area contributed by atoms with Crippen LogP contribution in [0.4, 0.5) is 18.9 Å². The first-order valence-electron chi connectivity index (χ1n) is 9.48. The Hall–Kier alpha value is -3.01. The number of alkyl halides is 3. The van der Waals surface area contributed by atoms with Crippen LogP contribution in [0.25, 0.3) is 0 Å². The van der Waals surface area contributed by atoms with Crippen molar-refractivity contribution in [1.82, 2.24) is 14.8 Å². The fourth-order valence-electron chi connectivity index (χ4n) is 2.82. The molecule has 0 unspecified atom stereocenters. The maximum atomic E-state index is 13.0. The summed E-state index contributed by atoms with van der Waals surface area (Å²) in [5, 5.41) is 11.2. The summed E-state index contributed by atoms with van der Waals surface area (Å²) >= 11 is 1.16. The van der Waals surface area contributed by atoms with E-state index < -0.39 is 17.6 Å². The average molecular weight is 450 g/mol. The SMILES string of the molecule is CCOc1ccc(C(F)(F)F)cc1NC(=O)CSc1nnc(C)n1Cc1ccccc1. The molecule has 0 bridgehead atoms. The van der Waals surface area contributed by atoms with Gasteiger partial charge in [0, 0.05) is 0 Å². The van der Waals surface area contributed by atoms with Crippen LogP contribution in [0.5, 0.6) is 5.75 Å². The number of carbonyl (C=O) groups excluding carboxylic acids is 1. The number of rotatable bonds is 8. The minimum Gasteiger partial charge on any atom is -0.492 e.